The lowest BCUT2D eigenvalue weighted by Gasteiger charge is -2.26. The smallest absolute Gasteiger partial charge is 0.0521 e. The second-order valence-electron chi connectivity index (χ2n) is 4.94. The van der Waals surface area contributed by atoms with Crippen LogP contribution in [0.1, 0.15) is 32.3 Å². The standard InChI is InChI=1S/C12H19BrN2/c1-3-15-8-10(7-14-15)6-12(2,9-13)11-4-5-11/h7-8,11H,3-6,9H2,1-2H3. The first kappa shape index (κ1) is 11.2. The van der Waals surface area contributed by atoms with Gasteiger partial charge in [0.25, 0.3) is 0 Å². The maximum Gasteiger partial charge on any atom is 0.0521 e. The average Bonchev–Trinajstić information content (AvgIpc) is 3.01. The Labute approximate surface area is 100 Å². The number of aryl methyl sites for hydroxylation is 1. The van der Waals surface area contributed by atoms with Gasteiger partial charge in [-0.3, -0.25) is 4.68 Å². The molecule has 2 rings (SSSR count). The summed E-state index contributed by atoms with van der Waals surface area (Å²) >= 11 is 3.67. The zero-order chi connectivity index (χ0) is 10.9. The molecule has 0 bridgehead atoms. The SMILES string of the molecule is CCn1cc(CC(C)(CBr)C2CC2)cn1. The molecule has 0 spiro atoms. The molecule has 1 atom stereocenters. The number of nitrogens with zero attached hydrogens (tertiary/aromatic N) is 2. The first-order chi connectivity index (χ1) is 7.18. The first-order valence-electron chi connectivity index (χ1n) is 5.75. The van der Waals surface area contributed by atoms with E-state index in [9.17, 15) is 0 Å². The molecule has 0 N–H and O–H groups in total. The van der Waals surface area contributed by atoms with Gasteiger partial charge in [0.1, 0.15) is 0 Å². The molecule has 1 aliphatic carbocycles. The highest BCUT2D eigenvalue weighted by Gasteiger charge is 2.40. The van der Waals surface area contributed by atoms with Gasteiger partial charge in [0.15, 0.2) is 0 Å². The fourth-order valence-corrected chi connectivity index (χ4v) is 2.87. The molecule has 0 aromatic carbocycles. The van der Waals surface area contributed by atoms with Gasteiger partial charge in [0.2, 0.25) is 0 Å². The lowest BCUT2D eigenvalue weighted by Crippen LogP contribution is -2.23. The predicted molar refractivity (Wildman–Crippen MR) is 66.2 cm³/mol. The van der Waals surface area contributed by atoms with Gasteiger partial charge in [-0.05, 0) is 43.1 Å². The van der Waals surface area contributed by atoms with Gasteiger partial charge in [-0.25, -0.2) is 0 Å². The van der Waals surface area contributed by atoms with Crippen molar-refractivity contribution in [3.63, 3.8) is 0 Å². The van der Waals surface area contributed by atoms with E-state index in [1.165, 1.54) is 18.4 Å². The fraction of sp³-hybridized carbons (Fsp3) is 0.750. The molecule has 1 unspecified atom stereocenters. The fourth-order valence-electron chi connectivity index (χ4n) is 2.22. The van der Waals surface area contributed by atoms with Gasteiger partial charge >= 0.3 is 0 Å². The molecular formula is C12H19BrN2. The van der Waals surface area contributed by atoms with E-state index in [1.807, 2.05) is 10.9 Å². The average molecular weight is 271 g/mol. The molecule has 1 fully saturated rings. The third-order valence-electron chi connectivity index (χ3n) is 3.49. The second kappa shape index (κ2) is 4.28. The quantitative estimate of drug-likeness (QED) is 0.752. The van der Waals surface area contributed by atoms with Crippen LogP contribution in [-0.2, 0) is 13.0 Å². The highest BCUT2D eigenvalue weighted by atomic mass is 79.9. The highest BCUT2D eigenvalue weighted by molar-refractivity contribution is 9.09. The lowest BCUT2D eigenvalue weighted by molar-refractivity contribution is 0.318. The number of halogens is 1. The minimum atomic E-state index is 0.432. The summed E-state index contributed by atoms with van der Waals surface area (Å²) in [6.45, 7) is 5.48. The van der Waals surface area contributed by atoms with E-state index in [4.69, 9.17) is 0 Å². The topological polar surface area (TPSA) is 17.8 Å². The Hall–Kier alpha value is -0.310. The van der Waals surface area contributed by atoms with Gasteiger partial charge < -0.3 is 0 Å². The molecule has 84 valence electrons. The minimum Gasteiger partial charge on any atom is -0.273 e. The van der Waals surface area contributed by atoms with Crippen molar-refractivity contribution in [3.8, 4) is 0 Å². The molecule has 0 radical (unpaired) electrons. The summed E-state index contributed by atoms with van der Waals surface area (Å²) in [5, 5.41) is 5.43. The highest BCUT2D eigenvalue weighted by Crippen LogP contribution is 2.48. The summed E-state index contributed by atoms with van der Waals surface area (Å²) in [6.07, 6.45) is 8.17. The van der Waals surface area contributed by atoms with Gasteiger partial charge in [-0.2, -0.15) is 5.10 Å². The van der Waals surface area contributed by atoms with Crippen molar-refractivity contribution in [1.82, 2.24) is 9.78 Å². The summed E-state index contributed by atoms with van der Waals surface area (Å²) < 4.78 is 2.01. The molecule has 0 aliphatic heterocycles. The van der Waals surface area contributed by atoms with E-state index in [0.29, 0.717) is 5.41 Å². The molecule has 1 aromatic heterocycles. The number of hydrogen-bond donors (Lipinski definition) is 0. The van der Waals surface area contributed by atoms with Crippen LogP contribution in [0.4, 0.5) is 0 Å². The van der Waals surface area contributed by atoms with E-state index in [-0.39, 0.29) is 0 Å². The molecule has 1 saturated carbocycles. The van der Waals surface area contributed by atoms with E-state index < -0.39 is 0 Å². The summed E-state index contributed by atoms with van der Waals surface area (Å²) in [5.74, 6) is 0.918. The van der Waals surface area contributed by atoms with E-state index >= 15 is 0 Å². The van der Waals surface area contributed by atoms with Crippen LogP contribution in [0.5, 0.6) is 0 Å². The molecule has 3 heteroatoms. The van der Waals surface area contributed by atoms with Crippen LogP contribution in [0.3, 0.4) is 0 Å². The summed E-state index contributed by atoms with van der Waals surface area (Å²) in [6, 6.07) is 0. The molecule has 1 aliphatic rings. The Bertz CT molecular complexity index is 330. The van der Waals surface area contributed by atoms with Crippen molar-refractivity contribution in [2.24, 2.45) is 11.3 Å². The summed E-state index contributed by atoms with van der Waals surface area (Å²) in [5.41, 5.74) is 1.81. The first-order valence-corrected chi connectivity index (χ1v) is 6.87. The Morgan fingerprint density at radius 1 is 1.60 bits per heavy atom. The normalized spacial score (nSPS) is 20.2. The van der Waals surface area contributed by atoms with Crippen LogP contribution < -0.4 is 0 Å². The van der Waals surface area contributed by atoms with Crippen LogP contribution in [0, 0.1) is 11.3 Å². The zero-order valence-corrected chi connectivity index (χ0v) is 11.1. The number of aromatic nitrogens is 2. The molecule has 0 amide bonds. The van der Waals surface area contributed by atoms with Crippen molar-refractivity contribution in [2.75, 3.05) is 5.33 Å². The Morgan fingerprint density at radius 2 is 2.33 bits per heavy atom. The van der Waals surface area contributed by atoms with Crippen molar-refractivity contribution >= 4 is 15.9 Å². The van der Waals surface area contributed by atoms with Gasteiger partial charge in [0, 0.05) is 18.1 Å². The largest absolute Gasteiger partial charge is 0.273 e. The van der Waals surface area contributed by atoms with Crippen LogP contribution in [0.2, 0.25) is 0 Å². The Morgan fingerprint density at radius 3 is 2.80 bits per heavy atom. The number of rotatable bonds is 5. The third-order valence-corrected chi connectivity index (χ3v) is 4.77. The predicted octanol–water partition coefficient (Wildman–Crippen LogP) is 3.26. The summed E-state index contributed by atoms with van der Waals surface area (Å²) in [4.78, 5) is 0. The molecule has 1 aromatic rings. The van der Waals surface area contributed by atoms with Gasteiger partial charge in [-0.15, -0.1) is 0 Å². The lowest BCUT2D eigenvalue weighted by atomic mass is 9.82. The van der Waals surface area contributed by atoms with E-state index in [2.05, 4.69) is 41.1 Å². The Kier molecular flexibility index (Phi) is 3.19. The van der Waals surface area contributed by atoms with Crippen molar-refractivity contribution in [1.29, 1.82) is 0 Å². The monoisotopic (exact) mass is 270 g/mol. The van der Waals surface area contributed by atoms with E-state index in [1.54, 1.807) is 0 Å². The minimum absolute atomic E-state index is 0.432. The van der Waals surface area contributed by atoms with Crippen molar-refractivity contribution in [2.45, 2.75) is 39.7 Å². The van der Waals surface area contributed by atoms with E-state index in [0.717, 1.165) is 24.2 Å². The second-order valence-corrected chi connectivity index (χ2v) is 5.50. The van der Waals surface area contributed by atoms with Crippen LogP contribution in [0.25, 0.3) is 0 Å². The van der Waals surface area contributed by atoms with Crippen LogP contribution >= 0.6 is 15.9 Å². The number of hydrogen-bond acceptors (Lipinski definition) is 1. The van der Waals surface area contributed by atoms with Crippen molar-refractivity contribution < 1.29 is 0 Å². The Balaban J connectivity index is 2.05. The van der Waals surface area contributed by atoms with Crippen LogP contribution in [0.15, 0.2) is 12.4 Å². The molecule has 1 heterocycles. The summed E-state index contributed by atoms with van der Waals surface area (Å²) in [7, 11) is 0. The van der Waals surface area contributed by atoms with Gasteiger partial charge in [0.05, 0.1) is 6.20 Å². The van der Waals surface area contributed by atoms with Gasteiger partial charge in [-0.1, -0.05) is 22.9 Å². The third kappa shape index (κ3) is 2.44. The maximum absolute atomic E-state index is 4.33. The molecule has 0 saturated heterocycles. The molecule has 2 nitrogen and oxygen atoms in total. The zero-order valence-electron chi connectivity index (χ0n) is 9.54. The van der Waals surface area contributed by atoms with Crippen LogP contribution in [-0.4, -0.2) is 15.1 Å². The van der Waals surface area contributed by atoms with Crippen molar-refractivity contribution in [3.05, 3.63) is 18.0 Å². The number of alkyl halides is 1. The maximum atomic E-state index is 4.33. The molecule has 15 heavy (non-hydrogen) atoms. The molecular weight excluding hydrogens is 252 g/mol.